The summed E-state index contributed by atoms with van der Waals surface area (Å²) in [4.78, 5) is 4.17. The molecule has 0 bridgehead atoms. The number of nitrogens with zero attached hydrogens (tertiary/aromatic N) is 4. The zero-order valence-corrected chi connectivity index (χ0v) is 16.6. The van der Waals surface area contributed by atoms with Gasteiger partial charge in [-0.2, -0.15) is 4.31 Å². The second kappa shape index (κ2) is 7.07. The van der Waals surface area contributed by atoms with Gasteiger partial charge in [0, 0.05) is 31.1 Å². The van der Waals surface area contributed by atoms with Gasteiger partial charge in [-0.1, -0.05) is 6.07 Å². The van der Waals surface area contributed by atoms with E-state index in [4.69, 9.17) is 0 Å². The van der Waals surface area contributed by atoms with E-state index in [1.54, 1.807) is 21.7 Å². The quantitative estimate of drug-likeness (QED) is 0.666. The van der Waals surface area contributed by atoms with Crippen LogP contribution < -0.4 is 4.90 Å². The van der Waals surface area contributed by atoms with Crippen molar-refractivity contribution in [2.75, 3.05) is 31.1 Å². The molecule has 0 saturated carbocycles. The van der Waals surface area contributed by atoms with Crippen molar-refractivity contribution >= 4 is 38.5 Å². The van der Waals surface area contributed by atoms with Gasteiger partial charge in [-0.05, 0) is 42.6 Å². The SMILES string of the molecule is Cc1ccc(S(=O)(=O)N2CCN(c3ccc(-c4cccs4)nn3)CC2)s1. The fourth-order valence-corrected chi connectivity index (χ4v) is 6.44. The molecule has 0 spiro atoms. The molecule has 3 aromatic heterocycles. The van der Waals surface area contributed by atoms with E-state index in [0.717, 1.165) is 21.3 Å². The van der Waals surface area contributed by atoms with E-state index in [1.807, 2.05) is 42.6 Å². The molecule has 9 heteroatoms. The van der Waals surface area contributed by atoms with E-state index in [-0.39, 0.29) is 0 Å². The minimum atomic E-state index is -3.39. The molecule has 6 nitrogen and oxygen atoms in total. The minimum Gasteiger partial charge on any atom is -0.352 e. The molecule has 4 rings (SSSR count). The van der Waals surface area contributed by atoms with E-state index in [9.17, 15) is 8.42 Å². The van der Waals surface area contributed by atoms with Crippen LogP contribution >= 0.6 is 22.7 Å². The third-order valence-electron chi connectivity index (χ3n) is 4.30. The molecule has 0 unspecified atom stereocenters. The first kappa shape index (κ1) is 17.6. The van der Waals surface area contributed by atoms with Gasteiger partial charge < -0.3 is 4.90 Å². The number of aromatic nitrogens is 2. The van der Waals surface area contributed by atoms with Crippen molar-refractivity contribution in [2.24, 2.45) is 0 Å². The third-order valence-corrected chi connectivity index (χ3v) is 8.56. The Morgan fingerprint density at radius 3 is 2.38 bits per heavy atom. The summed E-state index contributed by atoms with van der Waals surface area (Å²) in [7, 11) is -3.39. The number of anilines is 1. The summed E-state index contributed by atoms with van der Waals surface area (Å²) in [5.41, 5.74) is 0.859. The van der Waals surface area contributed by atoms with Crippen molar-refractivity contribution in [3.63, 3.8) is 0 Å². The summed E-state index contributed by atoms with van der Waals surface area (Å²) in [5.74, 6) is 0.786. The van der Waals surface area contributed by atoms with E-state index in [1.165, 1.54) is 11.3 Å². The summed E-state index contributed by atoms with van der Waals surface area (Å²) in [6.45, 7) is 4.04. The first-order valence-corrected chi connectivity index (χ1v) is 11.4. The average Bonchev–Trinajstić information content (AvgIpc) is 3.34. The van der Waals surface area contributed by atoms with Gasteiger partial charge in [0.05, 0.1) is 4.88 Å². The summed E-state index contributed by atoms with van der Waals surface area (Å²) >= 11 is 2.95. The van der Waals surface area contributed by atoms with E-state index >= 15 is 0 Å². The summed E-state index contributed by atoms with van der Waals surface area (Å²) in [6.07, 6.45) is 0. The van der Waals surface area contributed by atoms with Gasteiger partial charge >= 0.3 is 0 Å². The Labute approximate surface area is 160 Å². The predicted octanol–water partition coefficient (Wildman–Crippen LogP) is 3.09. The maximum atomic E-state index is 12.7. The van der Waals surface area contributed by atoms with E-state index in [0.29, 0.717) is 30.4 Å². The summed E-state index contributed by atoms with van der Waals surface area (Å²) in [5, 5.41) is 10.6. The van der Waals surface area contributed by atoms with Gasteiger partial charge in [-0.25, -0.2) is 8.42 Å². The number of hydrogen-bond donors (Lipinski definition) is 0. The second-order valence-corrected chi connectivity index (χ2v) is 10.4. The molecule has 0 aliphatic carbocycles. The van der Waals surface area contributed by atoms with E-state index < -0.39 is 10.0 Å². The number of sulfonamides is 1. The largest absolute Gasteiger partial charge is 0.352 e. The Kier molecular flexibility index (Phi) is 4.78. The van der Waals surface area contributed by atoms with Crippen LogP contribution in [0.3, 0.4) is 0 Å². The molecule has 3 aromatic rings. The third kappa shape index (κ3) is 3.39. The highest BCUT2D eigenvalue weighted by Gasteiger charge is 2.30. The molecule has 1 aliphatic heterocycles. The summed E-state index contributed by atoms with van der Waals surface area (Å²) < 4.78 is 27.4. The Morgan fingerprint density at radius 2 is 1.81 bits per heavy atom. The molecular formula is C17H18N4O2S3. The molecular weight excluding hydrogens is 388 g/mol. The lowest BCUT2D eigenvalue weighted by Crippen LogP contribution is -2.48. The fourth-order valence-electron chi connectivity index (χ4n) is 2.89. The van der Waals surface area contributed by atoms with Crippen LogP contribution in [0.1, 0.15) is 4.88 Å². The van der Waals surface area contributed by atoms with Crippen LogP contribution in [0.2, 0.25) is 0 Å². The zero-order chi connectivity index (χ0) is 18.1. The maximum absolute atomic E-state index is 12.7. The van der Waals surface area contributed by atoms with Crippen LogP contribution in [0.25, 0.3) is 10.6 Å². The highest BCUT2D eigenvalue weighted by Crippen LogP contribution is 2.26. The number of hydrogen-bond acceptors (Lipinski definition) is 7. The van der Waals surface area contributed by atoms with E-state index in [2.05, 4.69) is 15.1 Å². The van der Waals surface area contributed by atoms with Crippen LogP contribution in [0, 0.1) is 6.92 Å². The lowest BCUT2D eigenvalue weighted by molar-refractivity contribution is 0.384. The average molecular weight is 407 g/mol. The first-order valence-electron chi connectivity index (χ1n) is 8.23. The van der Waals surface area contributed by atoms with Gasteiger partial charge in [-0.3, -0.25) is 0 Å². The normalized spacial score (nSPS) is 16.1. The molecule has 136 valence electrons. The summed E-state index contributed by atoms with van der Waals surface area (Å²) in [6, 6.07) is 11.5. The van der Waals surface area contributed by atoms with Crippen LogP contribution in [0.15, 0.2) is 46.0 Å². The van der Waals surface area contributed by atoms with Gasteiger partial charge in [0.15, 0.2) is 5.82 Å². The number of thiophene rings is 2. The van der Waals surface area contributed by atoms with Gasteiger partial charge in [-0.15, -0.1) is 32.9 Å². The standard InChI is InChI=1S/C17H18N4O2S3/c1-13-4-7-17(25-13)26(22,23)21-10-8-20(9-11-21)16-6-5-14(18-19-16)15-3-2-12-24-15/h2-7,12H,8-11H2,1H3. The van der Waals surface area contributed by atoms with Gasteiger partial charge in [0.2, 0.25) is 0 Å². The van der Waals surface area contributed by atoms with Crippen molar-refractivity contribution in [1.82, 2.24) is 14.5 Å². The molecule has 0 aromatic carbocycles. The highest BCUT2D eigenvalue weighted by molar-refractivity contribution is 7.91. The van der Waals surface area contributed by atoms with Crippen molar-refractivity contribution < 1.29 is 8.42 Å². The smallest absolute Gasteiger partial charge is 0.252 e. The molecule has 1 saturated heterocycles. The highest BCUT2D eigenvalue weighted by atomic mass is 32.2. The van der Waals surface area contributed by atoms with Gasteiger partial charge in [0.25, 0.3) is 10.0 Å². The van der Waals surface area contributed by atoms with Crippen LogP contribution in [-0.4, -0.2) is 49.1 Å². The topological polar surface area (TPSA) is 66.4 Å². The maximum Gasteiger partial charge on any atom is 0.252 e. The molecule has 0 amide bonds. The monoisotopic (exact) mass is 406 g/mol. The molecule has 4 heterocycles. The molecule has 0 atom stereocenters. The first-order chi connectivity index (χ1) is 12.5. The van der Waals surface area contributed by atoms with Crippen LogP contribution in [-0.2, 0) is 10.0 Å². The van der Waals surface area contributed by atoms with Crippen LogP contribution in [0.5, 0.6) is 0 Å². The fraction of sp³-hybridized carbons (Fsp3) is 0.294. The number of piperazine rings is 1. The molecule has 0 radical (unpaired) electrons. The predicted molar refractivity (Wildman–Crippen MR) is 105 cm³/mol. The van der Waals surface area contributed by atoms with Crippen molar-refractivity contribution in [3.8, 4) is 10.6 Å². The molecule has 1 aliphatic rings. The Bertz CT molecular complexity index is 973. The van der Waals surface area contributed by atoms with Crippen LogP contribution in [0.4, 0.5) is 5.82 Å². The van der Waals surface area contributed by atoms with Gasteiger partial charge in [0.1, 0.15) is 9.90 Å². The lowest BCUT2D eigenvalue weighted by Gasteiger charge is -2.34. The van der Waals surface area contributed by atoms with Crippen molar-refractivity contribution in [1.29, 1.82) is 0 Å². The molecule has 26 heavy (non-hydrogen) atoms. The second-order valence-electron chi connectivity index (χ2n) is 6.01. The molecule has 0 N–H and O–H groups in total. The Hall–Kier alpha value is -1.81. The molecule has 1 fully saturated rings. The minimum absolute atomic E-state index is 0.420. The zero-order valence-electron chi connectivity index (χ0n) is 14.2. The Balaban J connectivity index is 1.43. The Morgan fingerprint density at radius 1 is 1.00 bits per heavy atom. The van der Waals surface area contributed by atoms with Crippen molar-refractivity contribution in [3.05, 3.63) is 46.7 Å². The number of aryl methyl sites for hydroxylation is 1. The number of rotatable bonds is 4. The van der Waals surface area contributed by atoms with Crippen molar-refractivity contribution in [2.45, 2.75) is 11.1 Å². The lowest BCUT2D eigenvalue weighted by atomic mass is 10.3.